The average molecular weight is 218 g/mol. The molecule has 1 heterocycles. The van der Waals surface area contributed by atoms with E-state index in [0.717, 1.165) is 11.5 Å². The van der Waals surface area contributed by atoms with Gasteiger partial charge in [-0.1, -0.05) is 11.6 Å². The second-order valence-corrected chi connectivity index (χ2v) is 3.42. The third-order valence-corrected chi connectivity index (χ3v) is 2.51. The van der Waals surface area contributed by atoms with Crippen LogP contribution >= 0.6 is 23.1 Å². The van der Waals surface area contributed by atoms with E-state index in [0.29, 0.717) is 28.7 Å². The van der Waals surface area contributed by atoms with Crippen LogP contribution < -0.4 is 5.32 Å². The Bertz CT molecular complexity index is 320. The summed E-state index contributed by atoms with van der Waals surface area (Å²) < 4.78 is 3.83. The van der Waals surface area contributed by atoms with Crippen molar-refractivity contribution in [3.05, 3.63) is 10.0 Å². The molecule has 0 aromatic carbocycles. The first-order valence-electron chi connectivity index (χ1n) is 3.69. The summed E-state index contributed by atoms with van der Waals surface area (Å²) in [5, 5.41) is 20.5. The number of halogens is 1. The minimum absolute atomic E-state index is 0.115. The molecule has 0 spiro atoms. The first-order valence-corrected chi connectivity index (χ1v) is 4.84. The molecule has 2 N–H and O–H groups in total. The first kappa shape index (κ1) is 10.3. The molecule has 0 saturated carbocycles. The van der Waals surface area contributed by atoms with Crippen LogP contribution in [0.5, 0.6) is 0 Å². The van der Waals surface area contributed by atoms with Gasteiger partial charge in [0.15, 0.2) is 5.15 Å². The molecule has 0 atom stereocenters. The molecule has 70 valence electrons. The van der Waals surface area contributed by atoms with Crippen LogP contribution in [0.2, 0.25) is 5.15 Å². The van der Waals surface area contributed by atoms with Gasteiger partial charge in [0.2, 0.25) is 0 Å². The summed E-state index contributed by atoms with van der Waals surface area (Å²) >= 11 is 6.79. The molecule has 0 aliphatic carbocycles. The zero-order valence-electron chi connectivity index (χ0n) is 6.75. The SMILES string of the molecule is N#Cc1snc(Cl)c1NCCCO. The van der Waals surface area contributed by atoms with Crippen molar-refractivity contribution in [3.63, 3.8) is 0 Å². The monoisotopic (exact) mass is 217 g/mol. The zero-order valence-corrected chi connectivity index (χ0v) is 8.32. The van der Waals surface area contributed by atoms with Crippen molar-refractivity contribution in [2.45, 2.75) is 6.42 Å². The maximum absolute atomic E-state index is 8.66. The number of rotatable bonds is 4. The number of anilines is 1. The van der Waals surface area contributed by atoms with E-state index in [1.54, 1.807) is 0 Å². The van der Waals surface area contributed by atoms with Gasteiger partial charge in [-0.2, -0.15) is 9.64 Å². The van der Waals surface area contributed by atoms with Crippen molar-refractivity contribution in [1.29, 1.82) is 5.26 Å². The Labute approximate surface area is 84.9 Å². The molecule has 0 bridgehead atoms. The molecule has 1 rings (SSSR count). The number of nitrogens with zero attached hydrogens (tertiary/aromatic N) is 2. The van der Waals surface area contributed by atoms with Crippen LogP contribution in [0.1, 0.15) is 11.3 Å². The molecule has 13 heavy (non-hydrogen) atoms. The molecule has 1 aromatic rings. The summed E-state index contributed by atoms with van der Waals surface area (Å²) in [6.07, 6.45) is 0.622. The number of aromatic nitrogens is 1. The number of hydrogen-bond acceptors (Lipinski definition) is 5. The number of aliphatic hydroxyl groups excluding tert-OH is 1. The van der Waals surface area contributed by atoms with Crippen molar-refractivity contribution in [3.8, 4) is 6.07 Å². The summed E-state index contributed by atoms with van der Waals surface area (Å²) in [6.45, 7) is 0.702. The zero-order chi connectivity index (χ0) is 9.68. The van der Waals surface area contributed by atoms with Gasteiger partial charge in [-0.3, -0.25) is 0 Å². The van der Waals surface area contributed by atoms with E-state index < -0.39 is 0 Å². The van der Waals surface area contributed by atoms with Crippen molar-refractivity contribution < 1.29 is 5.11 Å². The molecule has 0 radical (unpaired) electrons. The fraction of sp³-hybridized carbons (Fsp3) is 0.429. The van der Waals surface area contributed by atoms with Crippen LogP contribution in [-0.2, 0) is 0 Å². The van der Waals surface area contributed by atoms with Gasteiger partial charge >= 0.3 is 0 Å². The smallest absolute Gasteiger partial charge is 0.167 e. The largest absolute Gasteiger partial charge is 0.396 e. The predicted molar refractivity (Wildman–Crippen MR) is 52.0 cm³/mol. The molecule has 6 heteroatoms. The molecule has 0 unspecified atom stereocenters. The normalized spacial score (nSPS) is 9.62. The second kappa shape index (κ2) is 5.02. The fourth-order valence-corrected chi connectivity index (χ4v) is 1.68. The number of nitrogens with one attached hydrogen (secondary N) is 1. The first-order chi connectivity index (χ1) is 6.29. The lowest BCUT2D eigenvalue weighted by atomic mass is 10.4. The Balaban J connectivity index is 2.64. The van der Waals surface area contributed by atoms with E-state index in [2.05, 4.69) is 9.69 Å². The van der Waals surface area contributed by atoms with Gasteiger partial charge in [0.25, 0.3) is 0 Å². The third kappa shape index (κ3) is 2.56. The summed E-state index contributed by atoms with van der Waals surface area (Å²) in [5.74, 6) is 0. The van der Waals surface area contributed by atoms with Crippen LogP contribution in [0.15, 0.2) is 0 Å². The number of aliphatic hydroxyl groups is 1. The summed E-state index contributed by atoms with van der Waals surface area (Å²) in [7, 11) is 0. The summed E-state index contributed by atoms with van der Waals surface area (Å²) in [4.78, 5) is 0.475. The molecule has 0 fully saturated rings. The molecule has 1 aromatic heterocycles. The van der Waals surface area contributed by atoms with E-state index in [1.807, 2.05) is 6.07 Å². The van der Waals surface area contributed by atoms with Gasteiger partial charge in [0.05, 0.1) is 0 Å². The van der Waals surface area contributed by atoms with E-state index in [1.165, 1.54) is 0 Å². The minimum Gasteiger partial charge on any atom is -0.396 e. The molecule has 0 amide bonds. The summed E-state index contributed by atoms with van der Waals surface area (Å²) in [6, 6.07) is 1.99. The lowest BCUT2D eigenvalue weighted by Gasteiger charge is -2.02. The lowest BCUT2D eigenvalue weighted by molar-refractivity contribution is 0.292. The maximum Gasteiger partial charge on any atom is 0.167 e. The van der Waals surface area contributed by atoms with Crippen LogP contribution in [0.25, 0.3) is 0 Å². The van der Waals surface area contributed by atoms with Crippen molar-refractivity contribution in [2.24, 2.45) is 0 Å². The highest BCUT2D eigenvalue weighted by molar-refractivity contribution is 7.07. The van der Waals surface area contributed by atoms with E-state index in [4.69, 9.17) is 22.0 Å². The van der Waals surface area contributed by atoms with Crippen LogP contribution in [0.3, 0.4) is 0 Å². The maximum atomic E-state index is 8.66. The quantitative estimate of drug-likeness (QED) is 0.750. The predicted octanol–water partition coefficient (Wildman–Crippen LogP) is 1.46. The van der Waals surface area contributed by atoms with Gasteiger partial charge in [-0.05, 0) is 18.0 Å². The Morgan fingerprint density at radius 1 is 1.69 bits per heavy atom. The van der Waals surface area contributed by atoms with E-state index in [-0.39, 0.29) is 6.61 Å². The Morgan fingerprint density at radius 2 is 2.46 bits per heavy atom. The van der Waals surface area contributed by atoms with Crippen LogP contribution in [0.4, 0.5) is 5.69 Å². The van der Waals surface area contributed by atoms with Gasteiger partial charge in [-0.25, -0.2) is 0 Å². The lowest BCUT2D eigenvalue weighted by Crippen LogP contribution is -2.03. The molecular weight excluding hydrogens is 210 g/mol. The van der Waals surface area contributed by atoms with Gasteiger partial charge < -0.3 is 10.4 Å². The summed E-state index contributed by atoms with van der Waals surface area (Å²) in [5.41, 5.74) is 0.572. The van der Waals surface area contributed by atoms with Gasteiger partial charge in [-0.15, -0.1) is 0 Å². The van der Waals surface area contributed by atoms with E-state index >= 15 is 0 Å². The third-order valence-electron chi connectivity index (χ3n) is 1.39. The second-order valence-electron chi connectivity index (χ2n) is 2.29. The van der Waals surface area contributed by atoms with Gasteiger partial charge in [0.1, 0.15) is 16.6 Å². The van der Waals surface area contributed by atoms with Crippen molar-refractivity contribution in [2.75, 3.05) is 18.5 Å². The standard InChI is InChI=1S/C7H8ClN3OS/c8-7-6(10-2-1-3-12)5(4-9)13-11-7/h10,12H,1-3H2. The molecular formula is C7H8ClN3OS. The van der Waals surface area contributed by atoms with Crippen molar-refractivity contribution >= 4 is 28.8 Å². The fourth-order valence-electron chi connectivity index (χ4n) is 0.793. The Kier molecular flexibility index (Phi) is 3.96. The van der Waals surface area contributed by atoms with Crippen LogP contribution in [0, 0.1) is 11.3 Å². The highest BCUT2D eigenvalue weighted by Gasteiger charge is 2.10. The average Bonchev–Trinajstić information content (AvgIpc) is 2.48. The molecule has 0 aliphatic heterocycles. The topological polar surface area (TPSA) is 68.9 Å². The number of nitriles is 1. The Hall–Kier alpha value is -0.830. The highest BCUT2D eigenvalue weighted by Crippen LogP contribution is 2.27. The minimum atomic E-state index is 0.115. The Morgan fingerprint density at radius 3 is 3.08 bits per heavy atom. The van der Waals surface area contributed by atoms with Crippen LogP contribution in [-0.4, -0.2) is 22.6 Å². The van der Waals surface area contributed by atoms with E-state index in [9.17, 15) is 0 Å². The van der Waals surface area contributed by atoms with Gasteiger partial charge in [0, 0.05) is 13.2 Å². The molecule has 0 aliphatic rings. The molecule has 0 saturated heterocycles. The highest BCUT2D eigenvalue weighted by atomic mass is 35.5. The molecule has 4 nitrogen and oxygen atoms in total. The number of hydrogen-bond donors (Lipinski definition) is 2. The van der Waals surface area contributed by atoms with Crippen molar-refractivity contribution in [1.82, 2.24) is 4.37 Å².